The first kappa shape index (κ1) is 20.2. The summed E-state index contributed by atoms with van der Waals surface area (Å²) in [7, 11) is 3.31. The molecule has 1 saturated heterocycles. The SMILES string of the molecule is C=CC[C@@H](c1cc(OC)c(OC)cc1OCc1ccccc1)N1CCNCC1. The Morgan fingerprint density at radius 2 is 1.71 bits per heavy atom. The molecule has 0 spiro atoms. The molecule has 2 aromatic rings. The molecular formula is C23H30N2O3. The number of hydrogen-bond donors (Lipinski definition) is 1. The maximum Gasteiger partial charge on any atom is 0.164 e. The Bertz CT molecular complexity index is 758. The predicted molar refractivity (Wildman–Crippen MR) is 112 cm³/mol. The van der Waals surface area contributed by atoms with Crippen LogP contribution in [0.2, 0.25) is 0 Å². The van der Waals surface area contributed by atoms with Gasteiger partial charge in [0.15, 0.2) is 11.5 Å². The van der Waals surface area contributed by atoms with Gasteiger partial charge in [-0.05, 0) is 18.1 Å². The number of piperazine rings is 1. The van der Waals surface area contributed by atoms with Crippen molar-refractivity contribution in [3.05, 3.63) is 66.2 Å². The molecule has 1 heterocycles. The maximum absolute atomic E-state index is 6.27. The van der Waals surface area contributed by atoms with Crippen molar-refractivity contribution in [2.45, 2.75) is 19.1 Å². The minimum atomic E-state index is 0.185. The van der Waals surface area contributed by atoms with Crippen molar-refractivity contribution >= 4 is 0 Å². The van der Waals surface area contributed by atoms with E-state index in [0.29, 0.717) is 18.1 Å². The molecular weight excluding hydrogens is 352 g/mol. The summed E-state index contributed by atoms with van der Waals surface area (Å²) in [6.45, 7) is 8.44. The summed E-state index contributed by atoms with van der Waals surface area (Å²) >= 11 is 0. The molecule has 28 heavy (non-hydrogen) atoms. The number of ether oxygens (including phenoxy) is 3. The molecule has 0 amide bonds. The Balaban J connectivity index is 1.96. The molecule has 0 unspecified atom stereocenters. The molecule has 0 aliphatic carbocycles. The molecule has 1 fully saturated rings. The van der Waals surface area contributed by atoms with Crippen LogP contribution in [-0.2, 0) is 6.61 Å². The van der Waals surface area contributed by atoms with E-state index in [1.165, 1.54) is 0 Å². The first-order chi connectivity index (χ1) is 13.8. The third kappa shape index (κ3) is 4.86. The minimum absolute atomic E-state index is 0.185. The molecule has 0 radical (unpaired) electrons. The fourth-order valence-electron chi connectivity index (χ4n) is 3.62. The molecule has 1 aliphatic heterocycles. The highest BCUT2D eigenvalue weighted by Gasteiger charge is 2.26. The van der Waals surface area contributed by atoms with E-state index in [1.807, 2.05) is 30.3 Å². The average Bonchev–Trinajstić information content (AvgIpc) is 2.77. The predicted octanol–water partition coefficient (Wildman–Crippen LogP) is 3.81. The summed E-state index contributed by atoms with van der Waals surface area (Å²) < 4.78 is 17.4. The summed E-state index contributed by atoms with van der Waals surface area (Å²) in [5.74, 6) is 2.22. The number of hydrogen-bond acceptors (Lipinski definition) is 5. The van der Waals surface area contributed by atoms with Crippen LogP contribution in [0.3, 0.4) is 0 Å². The molecule has 0 saturated carbocycles. The molecule has 1 atom stereocenters. The van der Waals surface area contributed by atoms with Crippen molar-refractivity contribution in [2.75, 3.05) is 40.4 Å². The van der Waals surface area contributed by atoms with Crippen LogP contribution in [0.25, 0.3) is 0 Å². The number of methoxy groups -OCH3 is 2. The summed E-state index contributed by atoms with van der Waals surface area (Å²) in [5, 5.41) is 3.42. The highest BCUT2D eigenvalue weighted by atomic mass is 16.5. The van der Waals surface area contributed by atoms with Gasteiger partial charge in [0, 0.05) is 43.9 Å². The fraction of sp³-hybridized carbons (Fsp3) is 0.391. The quantitative estimate of drug-likeness (QED) is 0.668. The highest BCUT2D eigenvalue weighted by molar-refractivity contribution is 5.52. The zero-order chi connectivity index (χ0) is 19.8. The van der Waals surface area contributed by atoms with Gasteiger partial charge in [0.05, 0.1) is 14.2 Å². The second kappa shape index (κ2) is 10.2. The van der Waals surface area contributed by atoms with Gasteiger partial charge in [0.1, 0.15) is 12.4 Å². The maximum atomic E-state index is 6.27. The largest absolute Gasteiger partial charge is 0.493 e. The zero-order valence-corrected chi connectivity index (χ0v) is 16.8. The van der Waals surface area contributed by atoms with Gasteiger partial charge in [0.25, 0.3) is 0 Å². The van der Waals surface area contributed by atoms with Gasteiger partial charge < -0.3 is 19.5 Å². The van der Waals surface area contributed by atoms with E-state index in [-0.39, 0.29) is 6.04 Å². The summed E-state index contributed by atoms with van der Waals surface area (Å²) in [4.78, 5) is 2.48. The third-order valence-corrected chi connectivity index (χ3v) is 5.09. The van der Waals surface area contributed by atoms with Crippen LogP contribution in [0.15, 0.2) is 55.1 Å². The first-order valence-electron chi connectivity index (χ1n) is 9.75. The van der Waals surface area contributed by atoms with Gasteiger partial charge in [-0.2, -0.15) is 0 Å². The van der Waals surface area contributed by atoms with Crippen LogP contribution < -0.4 is 19.5 Å². The third-order valence-electron chi connectivity index (χ3n) is 5.09. The molecule has 0 aromatic heterocycles. The average molecular weight is 383 g/mol. The number of nitrogens with zero attached hydrogens (tertiary/aromatic N) is 1. The van der Waals surface area contributed by atoms with Crippen LogP contribution in [0.4, 0.5) is 0 Å². The monoisotopic (exact) mass is 382 g/mol. The standard InChI is InChI=1S/C23H30N2O3/c1-4-8-20(25-13-11-24-12-14-25)19-15-22(26-2)23(27-3)16-21(19)28-17-18-9-6-5-7-10-18/h4-7,9-10,15-16,20,24H,1,8,11-14,17H2,2-3H3/t20-/m0/s1. The van der Waals surface area contributed by atoms with Crippen molar-refractivity contribution in [1.29, 1.82) is 0 Å². The summed E-state index contributed by atoms with van der Waals surface area (Å²) in [5.41, 5.74) is 2.24. The minimum Gasteiger partial charge on any atom is -0.493 e. The van der Waals surface area contributed by atoms with E-state index in [1.54, 1.807) is 14.2 Å². The van der Waals surface area contributed by atoms with E-state index in [4.69, 9.17) is 14.2 Å². The Kier molecular flexibility index (Phi) is 7.34. The van der Waals surface area contributed by atoms with Gasteiger partial charge >= 0.3 is 0 Å². The van der Waals surface area contributed by atoms with E-state index >= 15 is 0 Å². The van der Waals surface area contributed by atoms with Crippen molar-refractivity contribution in [3.63, 3.8) is 0 Å². The fourth-order valence-corrected chi connectivity index (χ4v) is 3.62. The first-order valence-corrected chi connectivity index (χ1v) is 9.75. The van der Waals surface area contributed by atoms with Crippen LogP contribution in [0, 0.1) is 0 Å². The van der Waals surface area contributed by atoms with Crippen molar-refractivity contribution in [2.24, 2.45) is 0 Å². The van der Waals surface area contributed by atoms with Gasteiger partial charge in [-0.15, -0.1) is 6.58 Å². The lowest BCUT2D eigenvalue weighted by molar-refractivity contribution is 0.169. The molecule has 1 aliphatic rings. The smallest absolute Gasteiger partial charge is 0.164 e. The lowest BCUT2D eigenvalue weighted by atomic mass is 9.99. The Labute approximate surface area is 167 Å². The molecule has 1 N–H and O–H groups in total. The van der Waals surface area contributed by atoms with E-state index in [2.05, 4.69) is 35.0 Å². The molecule has 5 heteroatoms. The van der Waals surface area contributed by atoms with E-state index in [9.17, 15) is 0 Å². The molecule has 150 valence electrons. The van der Waals surface area contributed by atoms with Crippen LogP contribution in [0.5, 0.6) is 17.2 Å². The Morgan fingerprint density at radius 1 is 1.04 bits per heavy atom. The number of nitrogens with one attached hydrogen (secondary N) is 1. The lowest BCUT2D eigenvalue weighted by Gasteiger charge is -2.35. The van der Waals surface area contributed by atoms with Crippen molar-refractivity contribution in [1.82, 2.24) is 10.2 Å². The van der Waals surface area contributed by atoms with Crippen molar-refractivity contribution in [3.8, 4) is 17.2 Å². The normalized spacial score (nSPS) is 15.6. The van der Waals surface area contributed by atoms with Gasteiger partial charge in [-0.1, -0.05) is 36.4 Å². The van der Waals surface area contributed by atoms with Gasteiger partial charge in [0.2, 0.25) is 0 Å². The summed E-state index contributed by atoms with van der Waals surface area (Å²) in [6.07, 6.45) is 2.82. The van der Waals surface area contributed by atoms with Crippen LogP contribution in [-0.4, -0.2) is 45.3 Å². The Morgan fingerprint density at radius 3 is 2.36 bits per heavy atom. The lowest BCUT2D eigenvalue weighted by Crippen LogP contribution is -2.45. The number of rotatable bonds is 9. The van der Waals surface area contributed by atoms with Gasteiger partial charge in [-0.3, -0.25) is 4.90 Å². The second-order valence-corrected chi connectivity index (χ2v) is 6.85. The van der Waals surface area contributed by atoms with Crippen LogP contribution in [0.1, 0.15) is 23.6 Å². The molecule has 3 rings (SSSR count). The topological polar surface area (TPSA) is 43.0 Å². The highest BCUT2D eigenvalue weighted by Crippen LogP contribution is 2.41. The Hall–Kier alpha value is -2.50. The number of benzene rings is 2. The van der Waals surface area contributed by atoms with Crippen molar-refractivity contribution < 1.29 is 14.2 Å². The molecule has 2 aromatic carbocycles. The van der Waals surface area contributed by atoms with E-state index in [0.717, 1.165) is 49.5 Å². The van der Waals surface area contributed by atoms with E-state index < -0.39 is 0 Å². The summed E-state index contributed by atoms with van der Waals surface area (Å²) in [6, 6.07) is 14.4. The van der Waals surface area contributed by atoms with Crippen LogP contribution >= 0.6 is 0 Å². The molecule has 5 nitrogen and oxygen atoms in total. The molecule has 0 bridgehead atoms. The van der Waals surface area contributed by atoms with Gasteiger partial charge in [-0.25, -0.2) is 0 Å². The second-order valence-electron chi connectivity index (χ2n) is 6.85. The zero-order valence-electron chi connectivity index (χ0n) is 16.8.